The Morgan fingerprint density at radius 2 is 2.44 bits per heavy atom. The summed E-state index contributed by atoms with van der Waals surface area (Å²) in [5, 5.41) is 3.22. The fourth-order valence-corrected chi connectivity index (χ4v) is 1.82. The van der Waals surface area contributed by atoms with E-state index in [4.69, 9.17) is 10.8 Å². The van der Waals surface area contributed by atoms with Crippen LogP contribution < -0.4 is 5.32 Å². The van der Waals surface area contributed by atoms with Crippen molar-refractivity contribution >= 4 is 0 Å². The van der Waals surface area contributed by atoms with Crippen molar-refractivity contribution in [2.24, 2.45) is 0 Å². The van der Waals surface area contributed by atoms with Crippen LogP contribution in [0.25, 0.3) is 0 Å². The van der Waals surface area contributed by atoms with Crippen molar-refractivity contribution in [3.63, 3.8) is 0 Å². The maximum atomic E-state index is 5.37. The molecule has 1 aromatic rings. The smallest absolute Gasteiger partial charge is 0.117 e. The van der Waals surface area contributed by atoms with Crippen LogP contribution in [0.3, 0.4) is 0 Å². The summed E-state index contributed by atoms with van der Waals surface area (Å²) >= 11 is 0. The molecule has 0 bridgehead atoms. The van der Waals surface area contributed by atoms with Crippen LogP contribution in [0.1, 0.15) is 18.6 Å². The number of rotatable bonds is 7. The van der Waals surface area contributed by atoms with Crippen molar-refractivity contribution in [2.75, 3.05) is 19.6 Å². The predicted molar refractivity (Wildman–Crippen MR) is 63.8 cm³/mol. The molecule has 1 heterocycles. The van der Waals surface area contributed by atoms with Crippen LogP contribution in [0.5, 0.6) is 0 Å². The fourth-order valence-electron chi connectivity index (χ4n) is 1.82. The second kappa shape index (κ2) is 5.74. The molecule has 2 rings (SSSR count). The molecule has 1 aromatic heterocycles. The van der Waals surface area contributed by atoms with Gasteiger partial charge in [-0.1, -0.05) is 5.92 Å². The van der Waals surface area contributed by atoms with Gasteiger partial charge >= 0.3 is 0 Å². The highest BCUT2D eigenvalue weighted by Crippen LogP contribution is 2.27. The van der Waals surface area contributed by atoms with Gasteiger partial charge in [0.15, 0.2) is 0 Å². The number of nitrogens with one attached hydrogen (secondary N) is 1. The molecule has 1 saturated carbocycles. The van der Waals surface area contributed by atoms with E-state index in [0.717, 1.165) is 31.4 Å². The molecular formula is C13H18N2O. The Morgan fingerprint density at radius 1 is 1.56 bits per heavy atom. The molecule has 0 radical (unpaired) electrons. The van der Waals surface area contributed by atoms with Gasteiger partial charge in [0.1, 0.15) is 5.76 Å². The Balaban J connectivity index is 1.75. The van der Waals surface area contributed by atoms with E-state index in [1.165, 1.54) is 12.8 Å². The summed E-state index contributed by atoms with van der Waals surface area (Å²) in [7, 11) is 0. The van der Waals surface area contributed by atoms with E-state index in [0.29, 0.717) is 6.54 Å². The van der Waals surface area contributed by atoms with Gasteiger partial charge in [-0.2, -0.15) is 0 Å². The van der Waals surface area contributed by atoms with Crippen LogP contribution in [0.15, 0.2) is 22.8 Å². The minimum absolute atomic E-state index is 0.652. The van der Waals surface area contributed by atoms with E-state index in [9.17, 15) is 0 Å². The highest BCUT2D eigenvalue weighted by molar-refractivity contribution is 4.99. The standard InChI is InChI=1S/C13H18N2O/c1-2-7-14-8-9-15(12-5-6-12)11-13-4-3-10-16-13/h1,3-4,10,12,14H,5-9,11H2. The van der Waals surface area contributed by atoms with Crippen LogP contribution in [-0.4, -0.2) is 30.6 Å². The minimum Gasteiger partial charge on any atom is -0.468 e. The van der Waals surface area contributed by atoms with E-state index in [1.54, 1.807) is 6.26 Å². The van der Waals surface area contributed by atoms with Gasteiger partial charge in [0.05, 0.1) is 19.4 Å². The zero-order valence-electron chi connectivity index (χ0n) is 9.48. The highest BCUT2D eigenvalue weighted by atomic mass is 16.3. The van der Waals surface area contributed by atoms with Crippen LogP contribution >= 0.6 is 0 Å². The first-order valence-electron chi connectivity index (χ1n) is 5.81. The van der Waals surface area contributed by atoms with Gasteiger partial charge in [0, 0.05) is 19.1 Å². The summed E-state index contributed by atoms with van der Waals surface area (Å²) in [5.74, 6) is 3.63. The van der Waals surface area contributed by atoms with Crippen LogP contribution in [0, 0.1) is 12.3 Å². The second-order valence-corrected chi connectivity index (χ2v) is 4.16. The summed E-state index contributed by atoms with van der Waals surface area (Å²) in [5.41, 5.74) is 0. The first-order chi connectivity index (χ1) is 7.90. The lowest BCUT2D eigenvalue weighted by Gasteiger charge is -2.20. The van der Waals surface area contributed by atoms with E-state index in [-0.39, 0.29) is 0 Å². The Labute approximate surface area is 96.8 Å². The number of furan rings is 1. The maximum absolute atomic E-state index is 5.37. The molecule has 1 fully saturated rings. The largest absolute Gasteiger partial charge is 0.468 e. The summed E-state index contributed by atoms with van der Waals surface area (Å²) in [4.78, 5) is 2.46. The quantitative estimate of drug-likeness (QED) is 0.555. The summed E-state index contributed by atoms with van der Waals surface area (Å²) in [6, 6.07) is 4.72. The van der Waals surface area contributed by atoms with Crippen molar-refractivity contribution in [3.8, 4) is 12.3 Å². The lowest BCUT2D eigenvalue weighted by molar-refractivity contribution is 0.235. The molecule has 0 aromatic carbocycles. The third kappa shape index (κ3) is 3.41. The van der Waals surface area contributed by atoms with Gasteiger partial charge in [-0.3, -0.25) is 4.90 Å². The van der Waals surface area contributed by atoms with Crippen molar-refractivity contribution in [2.45, 2.75) is 25.4 Å². The van der Waals surface area contributed by atoms with Gasteiger partial charge in [0.25, 0.3) is 0 Å². The lowest BCUT2D eigenvalue weighted by Crippen LogP contribution is -2.33. The Bertz CT molecular complexity index is 335. The highest BCUT2D eigenvalue weighted by Gasteiger charge is 2.28. The summed E-state index contributed by atoms with van der Waals surface area (Å²) in [6.45, 7) is 3.54. The molecule has 3 heteroatoms. The van der Waals surface area contributed by atoms with Crippen LogP contribution in [0.2, 0.25) is 0 Å². The van der Waals surface area contributed by atoms with E-state index >= 15 is 0 Å². The summed E-state index contributed by atoms with van der Waals surface area (Å²) < 4.78 is 5.37. The monoisotopic (exact) mass is 218 g/mol. The number of hydrogen-bond donors (Lipinski definition) is 1. The van der Waals surface area contributed by atoms with Crippen molar-refractivity contribution in [3.05, 3.63) is 24.2 Å². The van der Waals surface area contributed by atoms with Crippen LogP contribution in [0.4, 0.5) is 0 Å². The average molecular weight is 218 g/mol. The van der Waals surface area contributed by atoms with Gasteiger partial charge in [-0.25, -0.2) is 0 Å². The average Bonchev–Trinajstić information content (AvgIpc) is 3.02. The molecule has 0 unspecified atom stereocenters. The first kappa shape index (κ1) is 11.3. The van der Waals surface area contributed by atoms with Gasteiger partial charge in [-0.15, -0.1) is 6.42 Å². The molecule has 0 amide bonds. The molecule has 1 aliphatic carbocycles. The number of hydrogen-bond acceptors (Lipinski definition) is 3. The van der Waals surface area contributed by atoms with Crippen molar-refractivity contribution in [1.29, 1.82) is 0 Å². The maximum Gasteiger partial charge on any atom is 0.117 e. The Morgan fingerprint density at radius 3 is 3.06 bits per heavy atom. The molecular weight excluding hydrogens is 200 g/mol. The Hall–Kier alpha value is -1.24. The first-order valence-corrected chi connectivity index (χ1v) is 5.81. The normalized spacial score (nSPS) is 15.2. The molecule has 16 heavy (non-hydrogen) atoms. The SMILES string of the molecule is C#CCNCCN(Cc1ccco1)C1CC1. The number of terminal acetylenes is 1. The predicted octanol–water partition coefficient (Wildman–Crippen LogP) is 1.47. The molecule has 3 nitrogen and oxygen atoms in total. The Kier molecular flexibility index (Phi) is 4.03. The molecule has 1 N–H and O–H groups in total. The van der Waals surface area contributed by atoms with Gasteiger partial charge < -0.3 is 9.73 Å². The van der Waals surface area contributed by atoms with E-state index in [1.807, 2.05) is 12.1 Å². The zero-order valence-corrected chi connectivity index (χ0v) is 9.48. The van der Waals surface area contributed by atoms with E-state index in [2.05, 4.69) is 16.1 Å². The molecule has 0 spiro atoms. The molecule has 0 aliphatic heterocycles. The molecule has 0 saturated heterocycles. The molecule has 86 valence electrons. The zero-order chi connectivity index (χ0) is 11.2. The van der Waals surface area contributed by atoms with E-state index < -0.39 is 0 Å². The minimum atomic E-state index is 0.652. The second-order valence-electron chi connectivity index (χ2n) is 4.16. The summed E-state index contributed by atoms with van der Waals surface area (Å²) in [6.07, 6.45) is 9.55. The van der Waals surface area contributed by atoms with Gasteiger partial charge in [-0.05, 0) is 25.0 Å². The van der Waals surface area contributed by atoms with Crippen LogP contribution in [-0.2, 0) is 6.54 Å². The third-order valence-electron chi connectivity index (χ3n) is 2.81. The fraction of sp³-hybridized carbons (Fsp3) is 0.538. The lowest BCUT2D eigenvalue weighted by atomic mass is 10.3. The molecule has 1 aliphatic rings. The topological polar surface area (TPSA) is 28.4 Å². The van der Waals surface area contributed by atoms with Crippen molar-refractivity contribution in [1.82, 2.24) is 10.2 Å². The molecule has 0 atom stereocenters. The number of nitrogens with zero attached hydrogens (tertiary/aromatic N) is 1. The van der Waals surface area contributed by atoms with Gasteiger partial charge in [0.2, 0.25) is 0 Å². The third-order valence-corrected chi connectivity index (χ3v) is 2.81. The van der Waals surface area contributed by atoms with Crippen molar-refractivity contribution < 1.29 is 4.42 Å².